The van der Waals surface area contributed by atoms with Gasteiger partial charge in [-0.15, -0.1) is 12.4 Å². The van der Waals surface area contributed by atoms with Crippen molar-refractivity contribution in [1.29, 1.82) is 0 Å². The smallest absolute Gasteiger partial charge is 0.238 e. The number of halogens is 3. The fraction of sp³-hybridized carbons (Fsp3) is 0.462. The highest BCUT2D eigenvalue weighted by Gasteiger charge is 2.20. The summed E-state index contributed by atoms with van der Waals surface area (Å²) in [5, 5.41) is 5.30. The summed E-state index contributed by atoms with van der Waals surface area (Å²) >= 11 is 0. The molecule has 112 valence electrons. The van der Waals surface area contributed by atoms with Crippen LogP contribution in [0.4, 0.5) is 14.5 Å². The van der Waals surface area contributed by atoms with Crippen LogP contribution in [0, 0.1) is 17.6 Å². The van der Waals surface area contributed by atoms with E-state index in [1.165, 1.54) is 20.0 Å². The molecule has 0 aliphatic heterocycles. The lowest BCUT2D eigenvalue weighted by molar-refractivity contribution is -0.115. The van der Waals surface area contributed by atoms with Crippen LogP contribution in [0.2, 0.25) is 0 Å². The SMILES string of the molecule is COc1cc(F)c(NC(=O)CNCC2CC2)cc1F.Cl. The van der Waals surface area contributed by atoms with Crippen LogP contribution >= 0.6 is 12.4 Å². The fourth-order valence-corrected chi connectivity index (χ4v) is 1.69. The molecule has 0 heterocycles. The van der Waals surface area contributed by atoms with Crippen LogP contribution in [0.15, 0.2) is 12.1 Å². The number of carbonyl (C=O) groups excluding carboxylic acids is 1. The number of anilines is 1. The van der Waals surface area contributed by atoms with Crippen molar-refractivity contribution in [3.05, 3.63) is 23.8 Å². The van der Waals surface area contributed by atoms with Crippen LogP contribution in [0.5, 0.6) is 5.75 Å². The fourth-order valence-electron chi connectivity index (χ4n) is 1.69. The highest BCUT2D eigenvalue weighted by atomic mass is 35.5. The van der Waals surface area contributed by atoms with E-state index in [1.807, 2.05) is 0 Å². The largest absolute Gasteiger partial charge is 0.494 e. The third-order valence-corrected chi connectivity index (χ3v) is 2.93. The van der Waals surface area contributed by atoms with E-state index in [2.05, 4.69) is 15.4 Å². The van der Waals surface area contributed by atoms with E-state index in [1.54, 1.807) is 0 Å². The molecule has 1 fully saturated rings. The molecule has 0 unspecified atom stereocenters. The second-order valence-electron chi connectivity index (χ2n) is 4.59. The number of methoxy groups -OCH3 is 1. The number of amides is 1. The number of rotatable bonds is 6. The van der Waals surface area contributed by atoms with E-state index >= 15 is 0 Å². The van der Waals surface area contributed by atoms with Crippen molar-refractivity contribution in [2.45, 2.75) is 12.8 Å². The first kappa shape index (κ1) is 16.7. The van der Waals surface area contributed by atoms with Crippen molar-refractivity contribution in [1.82, 2.24) is 5.32 Å². The Hall–Kier alpha value is -1.40. The molecule has 20 heavy (non-hydrogen) atoms. The van der Waals surface area contributed by atoms with Gasteiger partial charge in [-0.3, -0.25) is 4.79 Å². The summed E-state index contributed by atoms with van der Waals surface area (Å²) in [7, 11) is 1.25. The third-order valence-electron chi connectivity index (χ3n) is 2.93. The molecule has 1 aromatic carbocycles. The highest BCUT2D eigenvalue weighted by Crippen LogP contribution is 2.27. The Morgan fingerprint density at radius 3 is 2.65 bits per heavy atom. The predicted octanol–water partition coefficient (Wildman–Crippen LogP) is 2.33. The van der Waals surface area contributed by atoms with Gasteiger partial charge in [-0.2, -0.15) is 0 Å². The van der Waals surface area contributed by atoms with Crippen molar-refractivity contribution < 1.29 is 18.3 Å². The van der Waals surface area contributed by atoms with Gasteiger partial charge < -0.3 is 15.4 Å². The summed E-state index contributed by atoms with van der Waals surface area (Å²) in [6, 6.07) is 1.82. The molecule has 0 radical (unpaired) electrons. The van der Waals surface area contributed by atoms with Crippen LogP contribution < -0.4 is 15.4 Å². The molecular weight excluding hydrogens is 290 g/mol. The quantitative estimate of drug-likeness (QED) is 0.848. The average Bonchev–Trinajstić information content (AvgIpc) is 3.17. The monoisotopic (exact) mass is 306 g/mol. The first-order chi connectivity index (χ1) is 9.10. The number of nitrogens with one attached hydrogen (secondary N) is 2. The van der Waals surface area contributed by atoms with Crippen molar-refractivity contribution in [3.8, 4) is 5.75 Å². The van der Waals surface area contributed by atoms with Crippen molar-refractivity contribution in [3.63, 3.8) is 0 Å². The maximum absolute atomic E-state index is 13.6. The molecule has 0 spiro atoms. The minimum absolute atomic E-state index is 0. The van der Waals surface area contributed by atoms with Gasteiger partial charge in [-0.1, -0.05) is 0 Å². The van der Waals surface area contributed by atoms with Crippen LogP contribution in [-0.2, 0) is 4.79 Å². The molecule has 1 aliphatic rings. The maximum atomic E-state index is 13.6. The standard InChI is InChI=1S/C13H16F2N2O2.ClH/c1-19-12-5-9(14)11(4-10(12)15)17-13(18)7-16-6-8-2-3-8;/h4-5,8,16H,2-3,6-7H2,1H3,(H,17,18);1H. The van der Waals surface area contributed by atoms with E-state index in [-0.39, 0.29) is 30.4 Å². The normalized spacial score (nSPS) is 13.6. The van der Waals surface area contributed by atoms with E-state index in [0.717, 1.165) is 18.7 Å². The Morgan fingerprint density at radius 1 is 1.35 bits per heavy atom. The molecule has 1 aromatic rings. The van der Waals surface area contributed by atoms with Gasteiger partial charge in [0.1, 0.15) is 0 Å². The summed E-state index contributed by atoms with van der Waals surface area (Å²) in [5.41, 5.74) is -0.184. The Kier molecular flexibility index (Phi) is 6.16. The van der Waals surface area contributed by atoms with Crippen molar-refractivity contribution >= 4 is 24.0 Å². The lowest BCUT2D eigenvalue weighted by Gasteiger charge is -2.09. The second kappa shape index (κ2) is 7.40. The van der Waals surface area contributed by atoms with Gasteiger partial charge in [-0.25, -0.2) is 8.78 Å². The average molecular weight is 307 g/mol. The lowest BCUT2D eigenvalue weighted by Crippen LogP contribution is -2.29. The summed E-state index contributed by atoms with van der Waals surface area (Å²) in [6.07, 6.45) is 2.37. The van der Waals surface area contributed by atoms with Gasteiger partial charge in [0, 0.05) is 12.1 Å². The van der Waals surface area contributed by atoms with Gasteiger partial charge in [-0.05, 0) is 25.3 Å². The van der Waals surface area contributed by atoms with Crippen LogP contribution in [0.1, 0.15) is 12.8 Å². The maximum Gasteiger partial charge on any atom is 0.238 e. The number of benzene rings is 1. The molecule has 1 aliphatic carbocycles. The molecule has 4 nitrogen and oxygen atoms in total. The van der Waals surface area contributed by atoms with Gasteiger partial charge in [0.05, 0.1) is 19.3 Å². The number of ether oxygens (including phenoxy) is 1. The van der Waals surface area contributed by atoms with E-state index in [0.29, 0.717) is 5.92 Å². The lowest BCUT2D eigenvalue weighted by atomic mass is 10.2. The zero-order valence-corrected chi connectivity index (χ0v) is 11.9. The van der Waals surface area contributed by atoms with Crippen molar-refractivity contribution in [2.24, 2.45) is 5.92 Å². The number of hydrogen-bond acceptors (Lipinski definition) is 3. The summed E-state index contributed by atoms with van der Waals surface area (Å²) < 4.78 is 31.6. The second-order valence-corrected chi connectivity index (χ2v) is 4.59. The first-order valence-electron chi connectivity index (χ1n) is 6.13. The van der Waals surface area contributed by atoms with Crippen LogP contribution in [0.25, 0.3) is 0 Å². The Labute approximate surface area is 122 Å². The topological polar surface area (TPSA) is 50.4 Å². The Morgan fingerprint density at radius 2 is 2.05 bits per heavy atom. The Balaban J connectivity index is 0.00000200. The van der Waals surface area contributed by atoms with E-state index < -0.39 is 17.5 Å². The van der Waals surface area contributed by atoms with Gasteiger partial charge >= 0.3 is 0 Å². The molecule has 7 heteroatoms. The van der Waals surface area contributed by atoms with E-state index in [4.69, 9.17) is 0 Å². The zero-order valence-electron chi connectivity index (χ0n) is 11.0. The van der Waals surface area contributed by atoms with Crippen molar-refractivity contribution in [2.75, 3.05) is 25.5 Å². The molecule has 0 aromatic heterocycles. The number of carbonyl (C=O) groups is 1. The minimum Gasteiger partial charge on any atom is -0.494 e. The van der Waals surface area contributed by atoms with Crippen LogP contribution in [0.3, 0.4) is 0 Å². The van der Waals surface area contributed by atoms with Gasteiger partial charge in [0.25, 0.3) is 0 Å². The third kappa shape index (κ3) is 4.61. The highest BCUT2D eigenvalue weighted by molar-refractivity contribution is 5.92. The van der Waals surface area contributed by atoms with E-state index in [9.17, 15) is 13.6 Å². The summed E-state index contributed by atoms with van der Waals surface area (Å²) in [5.74, 6) is -1.38. The molecule has 1 amide bonds. The summed E-state index contributed by atoms with van der Waals surface area (Å²) in [4.78, 5) is 11.5. The molecular formula is C13H17ClF2N2O2. The van der Waals surface area contributed by atoms with Gasteiger partial charge in [0.15, 0.2) is 17.4 Å². The molecule has 2 N–H and O–H groups in total. The van der Waals surface area contributed by atoms with Gasteiger partial charge in [0.2, 0.25) is 5.91 Å². The molecule has 0 atom stereocenters. The Bertz CT molecular complexity index is 482. The molecule has 0 saturated heterocycles. The first-order valence-corrected chi connectivity index (χ1v) is 6.13. The van der Waals surface area contributed by atoms with Crippen LogP contribution in [-0.4, -0.2) is 26.1 Å². The molecule has 0 bridgehead atoms. The summed E-state index contributed by atoms with van der Waals surface area (Å²) in [6.45, 7) is 0.871. The minimum atomic E-state index is -0.728. The molecule has 1 saturated carbocycles. The predicted molar refractivity (Wildman–Crippen MR) is 74.4 cm³/mol. The zero-order chi connectivity index (χ0) is 13.8. The molecule has 2 rings (SSSR count). The number of hydrogen-bond donors (Lipinski definition) is 2.